The van der Waals surface area contributed by atoms with Crippen molar-refractivity contribution in [3.63, 3.8) is 0 Å². The Labute approximate surface area is 251 Å². The summed E-state index contributed by atoms with van der Waals surface area (Å²) in [6.07, 6.45) is 5.94. The van der Waals surface area contributed by atoms with Crippen LogP contribution in [0.25, 0.3) is 16.3 Å². The third-order valence-electron chi connectivity index (χ3n) is 9.54. The SMILES string of the molecule is C=C(c1nc(CCCNC(=O)c2cnn(C(C)(C)C)c2)cc2c(NC34CCC(N(C)C)(CC3)CC4)cccc12)C(F)(F)F. The molecule has 0 saturated heterocycles. The second kappa shape index (κ2) is 11.3. The number of nitrogens with zero attached hydrogens (tertiary/aromatic N) is 4. The number of aromatic nitrogens is 3. The first kappa shape index (κ1) is 31.0. The molecule has 1 amide bonds. The summed E-state index contributed by atoms with van der Waals surface area (Å²) in [5, 5.41) is 12.1. The highest BCUT2D eigenvalue weighted by Gasteiger charge is 2.49. The maximum Gasteiger partial charge on any atom is 0.417 e. The van der Waals surface area contributed by atoms with Gasteiger partial charge in [0.25, 0.3) is 5.91 Å². The third kappa shape index (κ3) is 6.30. The molecule has 2 N–H and O–H groups in total. The van der Waals surface area contributed by atoms with Crippen LogP contribution in [0.4, 0.5) is 18.9 Å². The second-order valence-electron chi connectivity index (χ2n) is 13.6. The average Bonchev–Trinajstić information content (AvgIpc) is 3.47. The molecule has 0 aliphatic heterocycles. The molecular formula is C33H43F3N6O. The topological polar surface area (TPSA) is 75.1 Å². The maximum absolute atomic E-state index is 13.9. The Bertz CT molecular complexity index is 1490. The van der Waals surface area contributed by atoms with Gasteiger partial charge in [0, 0.05) is 46.0 Å². The van der Waals surface area contributed by atoms with Crippen LogP contribution < -0.4 is 10.6 Å². The molecule has 0 unspecified atom stereocenters. The lowest BCUT2D eigenvalue weighted by molar-refractivity contribution is -0.0688. The maximum atomic E-state index is 13.9. The van der Waals surface area contributed by atoms with Crippen molar-refractivity contribution in [3.8, 4) is 0 Å². The van der Waals surface area contributed by atoms with E-state index in [1.807, 2.05) is 32.9 Å². The number of aryl methyl sites for hydroxylation is 1. The predicted molar refractivity (Wildman–Crippen MR) is 165 cm³/mol. The van der Waals surface area contributed by atoms with E-state index in [2.05, 4.69) is 46.3 Å². The van der Waals surface area contributed by atoms with Crippen LogP contribution in [-0.2, 0) is 12.0 Å². The predicted octanol–water partition coefficient (Wildman–Crippen LogP) is 6.94. The summed E-state index contributed by atoms with van der Waals surface area (Å²) in [5.74, 6) is -0.239. The van der Waals surface area contributed by atoms with E-state index in [9.17, 15) is 18.0 Å². The lowest BCUT2D eigenvalue weighted by Crippen LogP contribution is -2.59. The Morgan fingerprint density at radius 3 is 2.33 bits per heavy atom. The minimum Gasteiger partial charge on any atom is -0.379 e. The molecule has 10 heteroatoms. The van der Waals surface area contributed by atoms with Gasteiger partial charge in [0.05, 0.1) is 28.6 Å². The van der Waals surface area contributed by atoms with Crippen molar-refractivity contribution in [2.24, 2.45) is 0 Å². The Morgan fingerprint density at radius 2 is 1.74 bits per heavy atom. The molecule has 3 aromatic rings. The van der Waals surface area contributed by atoms with Crippen molar-refractivity contribution >= 4 is 27.9 Å². The van der Waals surface area contributed by atoms with Crippen LogP contribution in [0.2, 0.25) is 0 Å². The molecule has 6 rings (SSSR count). The minimum atomic E-state index is -4.60. The number of nitrogens with one attached hydrogen (secondary N) is 2. The van der Waals surface area contributed by atoms with Gasteiger partial charge < -0.3 is 15.5 Å². The number of anilines is 1. The van der Waals surface area contributed by atoms with Crippen LogP contribution in [0.1, 0.15) is 87.5 Å². The lowest BCUT2D eigenvalue weighted by atomic mass is 9.61. The molecule has 0 atom stereocenters. The highest BCUT2D eigenvalue weighted by molar-refractivity contribution is 6.00. The fraction of sp³-hybridized carbons (Fsp3) is 0.545. The second-order valence-corrected chi connectivity index (χ2v) is 13.6. The number of amides is 1. The molecule has 7 nitrogen and oxygen atoms in total. The summed E-state index contributed by atoms with van der Waals surface area (Å²) in [4.78, 5) is 19.5. The first-order chi connectivity index (χ1) is 20.1. The highest BCUT2D eigenvalue weighted by Crippen LogP contribution is 2.51. The van der Waals surface area contributed by atoms with Crippen LogP contribution in [0.15, 0.2) is 43.2 Å². The summed E-state index contributed by atoms with van der Waals surface area (Å²) in [6.45, 7) is 9.74. The van der Waals surface area contributed by atoms with E-state index in [0.29, 0.717) is 36.0 Å². The van der Waals surface area contributed by atoms with Crippen molar-refractivity contribution in [2.75, 3.05) is 26.0 Å². The Morgan fingerprint density at radius 1 is 1.07 bits per heavy atom. The Kier molecular flexibility index (Phi) is 8.13. The number of fused-ring (bicyclic) bond motifs is 4. The van der Waals surface area contributed by atoms with Crippen molar-refractivity contribution < 1.29 is 18.0 Å². The van der Waals surface area contributed by atoms with Gasteiger partial charge >= 0.3 is 6.18 Å². The van der Waals surface area contributed by atoms with Crippen LogP contribution in [0.3, 0.4) is 0 Å². The molecule has 1 aromatic carbocycles. The molecule has 232 valence electrons. The number of rotatable bonds is 9. The zero-order chi connectivity index (χ0) is 31.2. The van der Waals surface area contributed by atoms with E-state index >= 15 is 0 Å². The molecule has 2 aromatic heterocycles. The molecule has 0 spiro atoms. The molecule has 3 aliphatic rings. The van der Waals surface area contributed by atoms with Crippen molar-refractivity contribution in [1.29, 1.82) is 0 Å². The fourth-order valence-electron chi connectivity index (χ4n) is 6.62. The van der Waals surface area contributed by atoms with Crippen LogP contribution in [0, 0.1) is 0 Å². The van der Waals surface area contributed by atoms with E-state index in [1.54, 1.807) is 23.0 Å². The summed E-state index contributed by atoms with van der Waals surface area (Å²) in [5.41, 5.74) is 0.682. The van der Waals surface area contributed by atoms with E-state index in [4.69, 9.17) is 0 Å². The van der Waals surface area contributed by atoms with Crippen molar-refractivity contribution in [1.82, 2.24) is 25.0 Å². The number of hydrogen-bond acceptors (Lipinski definition) is 5. The smallest absolute Gasteiger partial charge is 0.379 e. The van der Waals surface area contributed by atoms with Gasteiger partial charge in [-0.25, -0.2) is 0 Å². The van der Waals surface area contributed by atoms with E-state index in [-0.39, 0.29) is 28.2 Å². The number of allylic oxidation sites excluding steroid dienone is 1. The molecule has 0 radical (unpaired) electrons. The highest BCUT2D eigenvalue weighted by atomic mass is 19.4. The van der Waals surface area contributed by atoms with Gasteiger partial charge in [0.2, 0.25) is 0 Å². The normalized spacial score (nSPS) is 22.3. The van der Waals surface area contributed by atoms with E-state index in [1.165, 1.54) is 6.20 Å². The number of carbonyl (C=O) groups is 1. The van der Waals surface area contributed by atoms with Gasteiger partial charge in [-0.2, -0.15) is 18.3 Å². The van der Waals surface area contributed by atoms with Crippen LogP contribution >= 0.6 is 0 Å². The fourth-order valence-corrected chi connectivity index (χ4v) is 6.62. The van der Waals surface area contributed by atoms with Crippen LogP contribution in [-0.4, -0.2) is 63.5 Å². The van der Waals surface area contributed by atoms with Gasteiger partial charge in [0.1, 0.15) is 0 Å². The number of halogens is 3. The minimum absolute atomic E-state index is 0.0677. The molecule has 2 heterocycles. The zero-order valence-electron chi connectivity index (χ0n) is 25.9. The number of pyridine rings is 1. The van der Waals surface area contributed by atoms with Gasteiger partial charge in [-0.1, -0.05) is 18.7 Å². The van der Waals surface area contributed by atoms with Gasteiger partial charge in [0.15, 0.2) is 0 Å². The molecule has 43 heavy (non-hydrogen) atoms. The molecule has 3 fully saturated rings. The summed E-state index contributed by atoms with van der Waals surface area (Å²) in [6, 6.07) is 7.34. The van der Waals surface area contributed by atoms with Gasteiger partial charge in [-0.3, -0.25) is 14.5 Å². The Hall–Kier alpha value is -3.40. The quantitative estimate of drug-likeness (QED) is 0.262. The average molecular weight is 597 g/mol. The number of carbonyl (C=O) groups excluding carboxylic acids is 1. The first-order valence-electron chi connectivity index (χ1n) is 15.1. The van der Waals surface area contributed by atoms with Gasteiger partial charge in [-0.15, -0.1) is 0 Å². The summed E-state index contributed by atoms with van der Waals surface area (Å²) >= 11 is 0. The van der Waals surface area contributed by atoms with Gasteiger partial charge in [-0.05, 0) is 98.4 Å². The lowest BCUT2D eigenvalue weighted by Gasteiger charge is -2.56. The monoisotopic (exact) mass is 596 g/mol. The number of alkyl halides is 3. The largest absolute Gasteiger partial charge is 0.417 e. The zero-order valence-corrected chi connectivity index (χ0v) is 25.9. The van der Waals surface area contributed by atoms with Crippen molar-refractivity contribution in [3.05, 3.63) is 60.2 Å². The third-order valence-corrected chi connectivity index (χ3v) is 9.54. The number of hydrogen-bond donors (Lipinski definition) is 2. The standard InChI is InChI=1S/C33H43F3N6O/c1-22(33(34,35)36)28-25-10-7-11-27(40-31-12-15-32(16-13-31,17-14-31)41(5)6)26(25)19-24(39-28)9-8-18-37-29(43)23-20-38-42(21-23)30(2,3)4/h7,10-11,19-21,40H,1,8-9,12-18H2,2-6H3,(H,37,43). The molecule has 2 bridgehead atoms. The van der Waals surface area contributed by atoms with E-state index in [0.717, 1.165) is 49.6 Å². The summed E-state index contributed by atoms with van der Waals surface area (Å²) in [7, 11) is 4.32. The molecule has 3 saturated carbocycles. The van der Waals surface area contributed by atoms with E-state index < -0.39 is 11.7 Å². The van der Waals surface area contributed by atoms with Crippen molar-refractivity contribution in [2.45, 2.75) is 94.9 Å². The number of benzene rings is 1. The molecular weight excluding hydrogens is 553 g/mol. The van der Waals surface area contributed by atoms with Crippen LogP contribution in [0.5, 0.6) is 0 Å². The molecule has 3 aliphatic carbocycles. The first-order valence-corrected chi connectivity index (χ1v) is 15.1. The Balaban J connectivity index is 1.36. The summed E-state index contributed by atoms with van der Waals surface area (Å²) < 4.78 is 43.5.